The zero-order valence-corrected chi connectivity index (χ0v) is 12.8. The summed E-state index contributed by atoms with van der Waals surface area (Å²) in [6, 6.07) is 4.74. The maximum atomic E-state index is 11.8. The monoisotopic (exact) mass is 348 g/mol. The Balaban J connectivity index is 1.87. The number of aromatic nitrogens is 1. The maximum absolute atomic E-state index is 11.8. The number of non-ortho nitro benzene ring substituents is 1. The number of ketones is 1. The van der Waals surface area contributed by atoms with E-state index in [1.807, 2.05) is 17.0 Å². The van der Waals surface area contributed by atoms with Crippen LogP contribution >= 0.6 is 15.9 Å². The smallest absolute Gasteiger partial charge is 0.270 e. The Labute approximate surface area is 129 Å². The maximum Gasteiger partial charge on any atom is 0.270 e. The summed E-state index contributed by atoms with van der Waals surface area (Å²) in [7, 11) is 0. The number of nitro benzene ring substituents is 1. The van der Waals surface area contributed by atoms with Crippen molar-refractivity contribution in [2.24, 2.45) is 0 Å². The van der Waals surface area contributed by atoms with Gasteiger partial charge >= 0.3 is 0 Å². The minimum absolute atomic E-state index is 0.0626. The number of nitro groups is 1. The summed E-state index contributed by atoms with van der Waals surface area (Å²) in [5, 5.41) is 10.7. The second-order valence-corrected chi connectivity index (χ2v) is 6.03. The lowest BCUT2D eigenvalue weighted by Crippen LogP contribution is -2.07. The number of hydrogen-bond acceptors (Lipinski definition) is 3. The van der Waals surface area contributed by atoms with Crippen LogP contribution in [0.5, 0.6) is 0 Å². The quantitative estimate of drug-likeness (QED) is 0.627. The summed E-state index contributed by atoms with van der Waals surface area (Å²) >= 11 is 3.37. The number of benzene rings is 1. The molecule has 1 aliphatic carbocycles. The summed E-state index contributed by atoms with van der Waals surface area (Å²) in [4.78, 5) is 22.2. The molecule has 0 unspecified atom stereocenters. The van der Waals surface area contributed by atoms with Gasteiger partial charge < -0.3 is 4.57 Å². The molecule has 1 aliphatic rings. The Morgan fingerprint density at radius 1 is 1.29 bits per heavy atom. The Morgan fingerprint density at radius 3 is 2.76 bits per heavy atom. The van der Waals surface area contributed by atoms with Gasteiger partial charge in [0.2, 0.25) is 0 Å². The SMILES string of the molecule is O=C1CCCc2cn(Cc3ccc([N+](=O)[O-])cc3Br)cc21. The van der Waals surface area contributed by atoms with Crippen LogP contribution in [0.25, 0.3) is 0 Å². The average Bonchev–Trinajstić information content (AvgIpc) is 2.85. The van der Waals surface area contributed by atoms with Crippen molar-refractivity contribution >= 4 is 27.4 Å². The first-order chi connectivity index (χ1) is 10.0. The molecule has 6 heteroatoms. The standard InChI is InChI=1S/C15H13BrN2O3/c16-14-6-12(18(20)21)5-4-11(14)8-17-7-10-2-1-3-15(19)13(10)9-17/h4-7,9H,1-3,8H2. The first-order valence-corrected chi connectivity index (χ1v) is 7.48. The predicted octanol–water partition coefficient (Wildman–Crippen LogP) is 3.73. The second-order valence-electron chi connectivity index (χ2n) is 5.18. The summed E-state index contributed by atoms with van der Waals surface area (Å²) in [5.74, 6) is 0.206. The van der Waals surface area contributed by atoms with Crippen molar-refractivity contribution < 1.29 is 9.72 Å². The van der Waals surface area contributed by atoms with Crippen LogP contribution in [-0.4, -0.2) is 15.3 Å². The summed E-state index contributed by atoms with van der Waals surface area (Å²) in [6.45, 7) is 0.582. The van der Waals surface area contributed by atoms with Crippen LogP contribution in [0.4, 0.5) is 5.69 Å². The van der Waals surface area contributed by atoms with Crippen LogP contribution in [0.1, 0.15) is 34.3 Å². The second kappa shape index (κ2) is 5.44. The summed E-state index contributed by atoms with van der Waals surface area (Å²) in [6.07, 6.45) is 6.36. The van der Waals surface area contributed by atoms with E-state index < -0.39 is 4.92 Å². The van der Waals surface area contributed by atoms with Crippen LogP contribution in [-0.2, 0) is 13.0 Å². The summed E-state index contributed by atoms with van der Waals surface area (Å²) in [5.41, 5.74) is 2.93. The Kier molecular flexibility index (Phi) is 3.63. The number of halogens is 1. The topological polar surface area (TPSA) is 65.1 Å². The summed E-state index contributed by atoms with van der Waals surface area (Å²) < 4.78 is 2.68. The first-order valence-electron chi connectivity index (χ1n) is 6.69. The van der Waals surface area contributed by atoms with Crippen LogP contribution in [0.2, 0.25) is 0 Å². The van der Waals surface area contributed by atoms with E-state index in [-0.39, 0.29) is 11.5 Å². The van der Waals surface area contributed by atoms with Crippen molar-refractivity contribution in [3.8, 4) is 0 Å². The molecule has 0 atom stereocenters. The van der Waals surface area contributed by atoms with Crippen molar-refractivity contribution in [2.75, 3.05) is 0 Å². The molecule has 0 aliphatic heterocycles. The molecule has 0 saturated carbocycles. The number of nitrogens with zero attached hydrogens (tertiary/aromatic N) is 2. The fourth-order valence-electron chi connectivity index (χ4n) is 2.65. The van der Waals surface area contributed by atoms with Gasteiger partial charge in [0, 0.05) is 47.5 Å². The van der Waals surface area contributed by atoms with E-state index in [1.54, 1.807) is 6.07 Å². The van der Waals surface area contributed by atoms with E-state index in [4.69, 9.17) is 0 Å². The van der Waals surface area contributed by atoms with Gasteiger partial charge in [0.25, 0.3) is 5.69 Å². The van der Waals surface area contributed by atoms with E-state index in [0.29, 0.717) is 17.4 Å². The van der Waals surface area contributed by atoms with Crippen molar-refractivity contribution in [2.45, 2.75) is 25.8 Å². The fourth-order valence-corrected chi connectivity index (χ4v) is 3.14. The molecular formula is C15H13BrN2O3. The highest BCUT2D eigenvalue weighted by Crippen LogP contribution is 2.26. The molecule has 0 radical (unpaired) electrons. The van der Waals surface area contributed by atoms with Gasteiger partial charge in [0.15, 0.2) is 5.78 Å². The van der Waals surface area contributed by atoms with Crippen molar-refractivity contribution in [1.82, 2.24) is 4.57 Å². The highest BCUT2D eigenvalue weighted by atomic mass is 79.9. The van der Waals surface area contributed by atoms with Gasteiger partial charge in [-0.15, -0.1) is 0 Å². The molecular weight excluding hydrogens is 336 g/mol. The normalized spacial score (nSPS) is 14.0. The van der Waals surface area contributed by atoms with E-state index in [1.165, 1.54) is 12.1 Å². The third-order valence-electron chi connectivity index (χ3n) is 3.71. The van der Waals surface area contributed by atoms with Crippen molar-refractivity contribution in [3.63, 3.8) is 0 Å². The van der Waals surface area contributed by atoms with Gasteiger partial charge in [-0.3, -0.25) is 14.9 Å². The van der Waals surface area contributed by atoms with Gasteiger partial charge in [0.05, 0.1) is 4.92 Å². The molecule has 2 aromatic rings. The van der Waals surface area contributed by atoms with E-state index in [0.717, 1.165) is 29.5 Å². The van der Waals surface area contributed by atoms with Gasteiger partial charge in [-0.25, -0.2) is 0 Å². The van der Waals surface area contributed by atoms with Gasteiger partial charge in [0.1, 0.15) is 0 Å². The first kappa shape index (κ1) is 14.0. The third-order valence-corrected chi connectivity index (χ3v) is 4.45. The number of rotatable bonds is 3. The molecule has 3 rings (SSSR count). The van der Waals surface area contributed by atoms with Crippen LogP contribution in [0.3, 0.4) is 0 Å². The number of carbonyl (C=O) groups is 1. The van der Waals surface area contributed by atoms with E-state index >= 15 is 0 Å². The number of fused-ring (bicyclic) bond motifs is 1. The van der Waals surface area contributed by atoms with Crippen LogP contribution in [0.15, 0.2) is 35.1 Å². The molecule has 0 amide bonds. The Bertz CT molecular complexity index is 737. The van der Waals surface area contributed by atoms with Gasteiger partial charge in [-0.1, -0.05) is 15.9 Å². The lowest BCUT2D eigenvalue weighted by atomic mass is 9.95. The molecule has 21 heavy (non-hydrogen) atoms. The minimum atomic E-state index is -0.415. The van der Waals surface area contributed by atoms with Crippen molar-refractivity contribution in [1.29, 1.82) is 0 Å². The number of aryl methyl sites for hydroxylation is 1. The molecule has 0 spiro atoms. The van der Waals surface area contributed by atoms with Crippen LogP contribution < -0.4 is 0 Å². The van der Waals surface area contributed by atoms with Gasteiger partial charge in [-0.05, 0) is 30.0 Å². The van der Waals surface area contributed by atoms with Crippen molar-refractivity contribution in [3.05, 3.63) is 61.9 Å². The largest absolute Gasteiger partial charge is 0.349 e. The Morgan fingerprint density at radius 2 is 2.10 bits per heavy atom. The van der Waals surface area contributed by atoms with E-state index in [9.17, 15) is 14.9 Å². The molecule has 1 aromatic heterocycles. The molecule has 0 bridgehead atoms. The molecule has 1 heterocycles. The lowest BCUT2D eigenvalue weighted by Gasteiger charge is -2.07. The highest BCUT2D eigenvalue weighted by Gasteiger charge is 2.19. The van der Waals surface area contributed by atoms with Crippen LogP contribution in [0, 0.1) is 10.1 Å². The molecule has 0 saturated heterocycles. The molecule has 108 valence electrons. The number of hydrogen-bond donors (Lipinski definition) is 0. The minimum Gasteiger partial charge on any atom is -0.349 e. The van der Waals surface area contributed by atoms with E-state index in [2.05, 4.69) is 15.9 Å². The molecule has 0 N–H and O–H groups in total. The fraction of sp³-hybridized carbons (Fsp3) is 0.267. The zero-order valence-electron chi connectivity index (χ0n) is 11.2. The molecule has 0 fully saturated rings. The lowest BCUT2D eigenvalue weighted by molar-refractivity contribution is -0.384. The predicted molar refractivity (Wildman–Crippen MR) is 81.6 cm³/mol. The number of Topliss-reactive ketones (excluding diaryl/α,β-unsaturated/α-hetero) is 1. The molecule has 1 aromatic carbocycles. The zero-order chi connectivity index (χ0) is 15.0. The molecule has 5 nitrogen and oxygen atoms in total. The average molecular weight is 349 g/mol. The van der Waals surface area contributed by atoms with Gasteiger partial charge in [-0.2, -0.15) is 0 Å². The number of carbonyl (C=O) groups excluding carboxylic acids is 1. The third kappa shape index (κ3) is 2.76. The Hall–Kier alpha value is -1.95. The highest BCUT2D eigenvalue weighted by molar-refractivity contribution is 9.10.